The summed E-state index contributed by atoms with van der Waals surface area (Å²) in [6.07, 6.45) is 0. The van der Waals surface area contributed by atoms with Gasteiger partial charge in [-0.3, -0.25) is 4.57 Å². The molecule has 5 heteroatoms. The number of H-pyrrole nitrogens is 1. The van der Waals surface area contributed by atoms with Crippen LogP contribution in [-0.4, -0.2) is 16.7 Å². The van der Waals surface area contributed by atoms with Crippen molar-refractivity contribution in [2.75, 3.05) is 7.11 Å². The van der Waals surface area contributed by atoms with Crippen molar-refractivity contribution in [1.82, 2.24) is 9.55 Å². The van der Waals surface area contributed by atoms with Gasteiger partial charge in [0.15, 0.2) is 16.3 Å². The number of aromatic amines is 1. The number of benzene rings is 2. The standard InChI is InChI=1S/C16H15FN2OS/c1-9-4-5-13(10(2)6-9)19-14-8-15(20-3)11(17)7-12(14)18-16(19)21/h4-8H,1-3H3,(H,18,21). The van der Waals surface area contributed by atoms with Crippen LogP contribution in [0.15, 0.2) is 30.3 Å². The highest BCUT2D eigenvalue weighted by Crippen LogP contribution is 2.28. The topological polar surface area (TPSA) is 29.9 Å². The molecule has 0 radical (unpaired) electrons. The van der Waals surface area contributed by atoms with Crippen molar-refractivity contribution in [2.45, 2.75) is 13.8 Å². The van der Waals surface area contributed by atoms with Crippen molar-refractivity contribution in [2.24, 2.45) is 0 Å². The van der Waals surface area contributed by atoms with Crippen LogP contribution < -0.4 is 4.74 Å². The van der Waals surface area contributed by atoms with Gasteiger partial charge < -0.3 is 9.72 Å². The molecule has 0 aliphatic carbocycles. The number of methoxy groups -OCH3 is 1. The van der Waals surface area contributed by atoms with Gasteiger partial charge in [0.05, 0.1) is 23.8 Å². The van der Waals surface area contributed by atoms with Gasteiger partial charge in [-0.25, -0.2) is 4.39 Å². The largest absolute Gasteiger partial charge is 0.494 e. The van der Waals surface area contributed by atoms with Gasteiger partial charge in [0.25, 0.3) is 0 Å². The van der Waals surface area contributed by atoms with Gasteiger partial charge in [-0.1, -0.05) is 17.7 Å². The van der Waals surface area contributed by atoms with Crippen molar-refractivity contribution in [3.05, 3.63) is 52.0 Å². The molecule has 0 aliphatic heterocycles. The third-order valence-corrected chi connectivity index (χ3v) is 3.83. The van der Waals surface area contributed by atoms with Crippen molar-refractivity contribution in [1.29, 1.82) is 0 Å². The Balaban J connectivity index is 2.36. The van der Waals surface area contributed by atoms with Crippen molar-refractivity contribution >= 4 is 23.3 Å². The van der Waals surface area contributed by atoms with Crippen LogP contribution in [0, 0.1) is 24.4 Å². The molecular weight excluding hydrogens is 287 g/mol. The second-order valence-corrected chi connectivity index (χ2v) is 5.45. The molecule has 0 fully saturated rings. The average Bonchev–Trinajstić information content (AvgIpc) is 2.73. The lowest BCUT2D eigenvalue weighted by atomic mass is 10.1. The molecule has 1 heterocycles. The molecule has 21 heavy (non-hydrogen) atoms. The monoisotopic (exact) mass is 302 g/mol. The van der Waals surface area contributed by atoms with Crippen molar-refractivity contribution < 1.29 is 9.13 Å². The van der Waals surface area contributed by atoms with E-state index in [1.165, 1.54) is 18.7 Å². The number of rotatable bonds is 2. The molecule has 0 unspecified atom stereocenters. The summed E-state index contributed by atoms with van der Waals surface area (Å²) in [7, 11) is 1.45. The number of hydrogen-bond acceptors (Lipinski definition) is 2. The zero-order valence-corrected chi connectivity index (χ0v) is 12.8. The molecule has 2 aromatic carbocycles. The Labute approximate surface area is 127 Å². The number of aryl methyl sites for hydroxylation is 2. The minimum absolute atomic E-state index is 0.204. The van der Waals surface area contributed by atoms with Crippen molar-refractivity contribution in [3.63, 3.8) is 0 Å². The number of hydrogen-bond donors (Lipinski definition) is 1. The Morgan fingerprint density at radius 1 is 1.19 bits per heavy atom. The molecule has 0 saturated carbocycles. The summed E-state index contributed by atoms with van der Waals surface area (Å²) in [5.74, 6) is -0.205. The summed E-state index contributed by atoms with van der Waals surface area (Å²) in [6, 6.07) is 9.21. The summed E-state index contributed by atoms with van der Waals surface area (Å²) in [4.78, 5) is 3.04. The Bertz CT molecular complexity index is 895. The fourth-order valence-electron chi connectivity index (χ4n) is 2.56. The summed E-state index contributed by atoms with van der Waals surface area (Å²) in [6.45, 7) is 4.08. The molecule has 1 aromatic heterocycles. The Morgan fingerprint density at radius 3 is 2.62 bits per heavy atom. The maximum atomic E-state index is 13.8. The second kappa shape index (κ2) is 5.00. The van der Waals surface area contributed by atoms with Crippen LogP contribution in [0.1, 0.15) is 11.1 Å². The maximum absolute atomic E-state index is 13.8. The quantitative estimate of drug-likeness (QED) is 0.709. The minimum atomic E-state index is -0.408. The van der Waals surface area contributed by atoms with Crippen LogP contribution in [0.4, 0.5) is 4.39 Å². The fourth-order valence-corrected chi connectivity index (χ4v) is 2.87. The van der Waals surface area contributed by atoms with Gasteiger partial charge in [-0.05, 0) is 37.7 Å². The Kier molecular flexibility index (Phi) is 3.29. The van der Waals surface area contributed by atoms with E-state index < -0.39 is 5.82 Å². The molecule has 108 valence electrons. The first-order valence-electron chi connectivity index (χ1n) is 6.57. The van der Waals surface area contributed by atoms with Crippen LogP contribution in [0.2, 0.25) is 0 Å². The first kappa shape index (κ1) is 13.8. The lowest BCUT2D eigenvalue weighted by molar-refractivity contribution is 0.387. The van der Waals surface area contributed by atoms with E-state index in [4.69, 9.17) is 17.0 Å². The number of nitrogens with one attached hydrogen (secondary N) is 1. The molecule has 3 aromatic rings. The molecule has 0 bridgehead atoms. The lowest BCUT2D eigenvalue weighted by Crippen LogP contribution is -1.98. The van der Waals surface area contributed by atoms with E-state index in [1.54, 1.807) is 6.07 Å². The van der Waals surface area contributed by atoms with Gasteiger partial charge in [0.1, 0.15) is 0 Å². The highest BCUT2D eigenvalue weighted by atomic mass is 32.1. The van der Waals surface area contributed by atoms with Gasteiger partial charge in [-0.2, -0.15) is 0 Å². The predicted octanol–water partition coefficient (Wildman–Crippen LogP) is 4.45. The summed E-state index contributed by atoms with van der Waals surface area (Å²) in [5, 5.41) is 0. The molecule has 0 saturated heterocycles. The molecule has 3 nitrogen and oxygen atoms in total. The lowest BCUT2D eigenvalue weighted by Gasteiger charge is -2.10. The molecule has 0 amide bonds. The zero-order chi connectivity index (χ0) is 15.1. The van der Waals surface area contributed by atoms with Crippen LogP contribution in [0.5, 0.6) is 5.75 Å². The molecule has 0 atom stereocenters. The third kappa shape index (κ3) is 2.23. The molecular formula is C16H15FN2OS. The van der Waals surface area contributed by atoms with E-state index in [0.717, 1.165) is 16.8 Å². The zero-order valence-electron chi connectivity index (χ0n) is 12.0. The SMILES string of the molecule is COc1cc2c(cc1F)[nH]c(=S)n2-c1ccc(C)cc1C. The van der Waals surface area contributed by atoms with Gasteiger partial charge in [-0.15, -0.1) is 0 Å². The van der Waals surface area contributed by atoms with E-state index >= 15 is 0 Å². The van der Waals surface area contributed by atoms with Crippen LogP contribution in [0.25, 0.3) is 16.7 Å². The fraction of sp³-hybridized carbons (Fsp3) is 0.188. The van der Waals surface area contributed by atoms with E-state index in [0.29, 0.717) is 10.3 Å². The minimum Gasteiger partial charge on any atom is -0.494 e. The molecule has 1 N–H and O–H groups in total. The Hall–Kier alpha value is -2.14. The highest BCUT2D eigenvalue weighted by Gasteiger charge is 2.13. The van der Waals surface area contributed by atoms with Crippen LogP contribution >= 0.6 is 12.2 Å². The molecule has 0 spiro atoms. The number of imidazole rings is 1. The summed E-state index contributed by atoms with van der Waals surface area (Å²) < 4.78 is 21.3. The van der Waals surface area contributed by atoms with E-state index in [1.807, 2.05) is 30.5 Å². The third-order valence-electron chi connectivity index (χ3n) is 3.55. The molecule has 3 rings (SSSR count). The van der Waals surface area contributed by atoms with Gasteiger partial charge in [0, 0.05) is 12.1 Å². The number of ether oxygens (including phenoxy) is 1. The number of fused-ring (bicyclic) bond motifs is 1. The van der Waals surface area contributed by atoms with E-state index in [2.05, 4.69) is 11.1 Å². The smallest absolute Gasteiger partial charge is 0.182 e. The number of nitrogens with zero attached hydrogens (tertiary/aromatic N) is 1. The normalized spacial score (nSPS) is 11.0. The molecule has 0 aliphatic rings. The maximum Gasteiger partial charge on any atom is 0.182 e. The first-order chi connectivity index (χ1) is 10.0. The highest BCUT2D eigenvalue weighted by molar-refractivity contribution is 7.71. The van der Waals surface area contributed by atoms with Crippen LogP contribution in [0.3, 0.4) is 0 Å². The number of aromatic nitrogens is 2. The summed E-state index contributed by atoms with van der Waals surface area (Å²) in [5.41, 5.74) is 4.72. The average molecular weight is 302 g/mol. The van der Waals surface area contributed by atoms with Gasteiger partial charge >= 0.3 is 0 Å². The van der Waals surface area contributed by atoms with Crippen LogP contribution in [-0.2, 0) is 0 Å². The Morgan fingerprint density at radius 2 is 1.95 bits per heavy atom. The summed E-state index contributed by atoms with van der Waals surface area (Å²) >= 11 is 5.39. The first-order valence-corrected chi connectivity index (χ1v) is 6.98. The second-order valence-electron chi connectivity index (χ2n) is 5.06. The van der Waals surface area contributed by atoms with E-state index in [9.17, 15) is 4.39 Å². The number of halogens is 1. The predicted molar refractivity (Wildman–Crippen MR) is 84.4 cm³/mol. The van der Waals surface area contributed by atoms with Crippen molar-refractivity contribution in [3.8, 4) is 11.4 Å². The van der Waals surface area contributed by atoms with E-state index in [-0.39, 0.29) is 5.75 Å². The van der Waals surface area contributed by atoms with Gasteiger partial charge in [0.2, 0.25) is 0 Å².